The van der Waals surface area contributed by atoms with Crippen LogP contribution in [-0.2, 0) is 4.79 Å². The topological polar surface area (TPSA) is 40.5 Å². The number of carbonyl (C=O) groups is 1. The molecule has 0 radical (unpaired) electrons. The van der Waals surface area contributed by atoms with Crippen LogP contribution in [0.15, 0.2) is 0 Å². The zero-order valence-electron chi connectivity index (χ0n) is 10.5. The molecule has 0 aromatic rings. The summed E-state index contributed by atoms with van der Waals surface area (Å²) in [6.07, 6.45) is 4.69. The molecule has 0 bridgehead atoms. The lowest BCUT2D eigenvalue weighted by Crippen LogP contribution is -2.43. The van der Waals surface area contributed by atoms with Crippen LogP contribution in [0.1, 0.15) is 32.1 Å². The second-order valence-corrected chi connectivity index (χ2v) is 6.39. The molecule has 1 saturated carbocycles. The van der Waals surface area contributed by atoms with E-state index in [9.17, 15) is 23.1 Å². The first-order valence-corrected chi connectivity index (χ1v) is 7.56. The maximum atomic E-state index is 12.1. The standard InChI is InChI=1S/C12H18F3NO2S/c13-12(14,15)19-6-5-16-9-4-2-1-3-8(9)7-10(16)11(17)18/h8-10H,1-7H2,(H,17,18). The highest BCUT2D eigenvalue weighted by molar-refractivity contribution is 8.00. The van der Waals surface area contributed by atoms with Crippen LogP contribution in [0.4, 0.5) is 13.2 Å². The second-order valence-electron chi connectivity index (χ2n) is 5.23. The Hall–Kier alpha value is -0.430. The van der Waals surface area contributed by atoms with Gasteiger partial charge in [-0.05, 0) is 36.9 Å². The van der Waals surface area contributed by atoms with Gasteiger partial charge in [-0.3, -0.25) is 9.69 Å². The maximum absolute atomic E-state index is 12.1. The highest BCUT2D eigenvalue weighted by Crippen LogP contribution is 2.40. The number of nitrogens with zero attached hydrogens (tertiary/aromatic N) is 1. The van der Waals surface area contributed by atoms with Crippen molar-refractivity contribution in [3.05, 3.63) is 0 Å². The molecule has 0 aromatic carbocycles. The third-order valence-corrected chi connectivity index (χ3v) is 4.84. The number of hydrogen-bond donors (Lipinski definition) is 1. The summed E-state index contributed by atoms with van der Waals surface area (Å²) in [5.41, 5.74) is -4.23. The van der Waals surface area contributed by atoms with Crippen molar-refractivity contribution in [1.29, 1.82) is 0 Å². The summed E-state index contributed by atoms with van der Waals surface area (Å²) in [6, 6.07) is -0.425. The van der Waals surface area contributed by atoms with Crippen LogP contribution < -0.4 is 0 Å². The Kier molecular flexibility index (Phi) is 4.66. The van der Waals surface area contributed by atoms with Gasteiger partial charge in [-0.25, -0.2) is 0 Å². The van der Waals surface area contributed by atoms with Crippen LogP contribution in [0.5, 0.6) is 0 Å². The van der Waals surface area contributed by atoms with E-state index in [2.05, 4.69) is 0 Å². The van der Waals surface area contributed by atoms with Gasteiger partial charge >= 0.3 is 11.5 Å². The maximum Gasteiger partial charge on any atom is 0.441 e. The molecule has 3 nitrogen and oxygen atoms in total. The van der Waals surface area contributed by atoms with Gasteiger partial charge < -0.3 is 5.11 Å². The van der Waals surface area contributed by atoms with Gasteiger partial charge in [-0.2, -0.15) is 13.2 Å². The number of carboxylic acid groups (broad SMARTS) is 1. The summed E-state index contributed by atoms with van der Waals surface area (Å²) in [5, 5.41) is 9.22. The van der Waals surface area contributed by atoms with Gasteiger partial charge in [-0.1, -0.05) is 12.8 Å². The van der Waals surface area contributed by atoms with E-state index in [1.165, 1.54) is 0 Å². The van der Waals surface area contributed by atoms with E-state index in [0.717, 1.165) is 25.7 Å². The van der Waals surface area contributed by atoms with Crippen molar-refractivity contribution in [1.82, 2.24) is 4.90 Å². The molecule has 2 fully saturated rings. The largest absolute Gasteiger partial charge is 0.480 e. The number of hydrogen-bond acceptors (Lipinski definition) is 3. The number of fused-ring (bicyclic) bond motifs is 1. The third kappa shape index (κ3) is 3.78. The van der Waals surface area contributed by atoms with Gasteiger partial charge in [0, 0.05) is 18.3 Å². The molecule has 1 aliphatic heterocycles. The van der Waals surface area contributed by atoms with E-state index in [-0.39, 0.29) is 30.1 Å². The quantitative estimate of drug-likeness (QED) is 0.866. The fourth-order valence-electron chi connectivity index (χ4n) is 3.38. The first-order valence-electron chi connectivity index (χ1n) is 6.58. The summed E-state index contributed by atoms with van der Waals surface area (Å²) in [6.45, 7) is 0.211. The Morgan fingerprint density at radius 1 is 1.32 bits per heavy atom. The minimum atomic E-state index is -4.23. The van der Waals surface area contributed by atoms with Crippen LogP contribution in [0.3, 0.4) is 0 Å². The number of thioether (sulfide) groups is 1. The minimum absolute atomic E-state index is 0.0611. The highest BCUT2D eigenvalue weighted by atomic mass is 32.2. The third-order valence-electron chi connectivity index (χ3n) is 4.12. The average Bonchev–Trinajstić information content (AvgIpc) is 2.67. The van der Waals surface area contributed by atoms with Gasteiger partial charge in [-0.15, -0.1) is 0 Å². The summed E-state index contributed by atoms with van der Waals surface area (Å²) in [4.78, 5) is 13.0. The number of likely N-dealkylation sites (tertiary alicyclic amines) is 1. The van der Waals surface area contributed by atoms with Gasteiger partial charge in [0.2, 0.25) is 0 Å². The van der Waals surface area contributed by atoms with Gasteiger partial charge in [0.05, 0.1) is 0 Å². The van der Waals surface area contributed by atoms with Crippen molar-refractivity contribution in [2.45, 2.75) is 49.7 Å². The molecule has 7 heteroatoms. The smallest absolute Gasteiger partial charge is 0.441 e. The molecule has 3 atom stereocenters. The number of halogens is 3. The zero-order valence-corrected chi connectivity index (χ0v) is 11.3. The Balaban J connectivity index is 1.95. The molecule has 0 aromatic heterocycles. The molecule has 1 aliphatic carbocycles. The molecular formula is C12H18F3NO2S. The predicted molar refractivity (Wildman–Crippen MR) is 67.0 cm³/mol. The molecule has 1 N–H and O–H groups in total. The number of alkyl halides is 3. The van der Waals surface area contributed by atoms with Crippen molar-refractivity contribution < 1.29 is 23.1 Å². The van der Waals surface area contributed by atoms with Crippen LogP contribution >= 0.6 is 11.8 Å². The Morgan fingerprint density at radius 3 is 2.63 bits per heavy atom. The first-order chi connectivity index (χ1) is 8.88. The minimum Gasteiger partial charge on any atom is -0.480 e. The lowest BCUT2D eigenvalue weighted by Gasteiger charge is -2.32. The van der Waals surface area contributed by atoms with E-state index in [0.29, 0.717) is 12.3 Å². The fraction of sp³-hybridized carbons (Fsp3) is 0.917. The number of aliphatic carboxylic acids is 1. The van der Waals surface area contributed by atoms with Crippen LogP contribution in [0, 0.1) is 5.92 Å². The summed E-state index contributed by atoms with van der Waals surface area (Å²) < 4.78 is 36.4. The van der Waals surface area contributed by atoms with Gasteiger partial charge in [0.25, 0.3) is 0 Å². The van der Waals surface area contributed by atoms with Crippen molar-refractivity contribution >= 4 is 17.7 Å². The van der Waals surface area contributed by atoms with E-state index in [1.807, 2.05) is 0 Å². The lowest BCUT2D eigenvalue weighted by atomic mass is 9.85. The van der Waals surface area contributed by atoms with E-state index in [1.54, 1.807) is 4.90 Å². The van der Waals surface area contributed by atoms with Crippen molar-refractivity contribution in [2.24, 2.45) is 5.92 Å². The molecule has 0 amide bonds. The molecule has 0 spiro atoms. The highest BCUT2D eigenvalue weighted by Gasteiger charge is 2.45. The molecule has 2 aliphatic rings. The number of rotatable bonds is 4. The van der Waals surface area contributed by atoms with E-state index >= 15 is 0 Å². The van der Waals surface area contributed by atoms with E-state index in [4.69, 9.17) is 0 Å². The molecule has 19 heavy (non-hydrogen) atoms. The van der Waals surface area contributed by atoms with Crippen LogP contribution in [0.2, 0.25) is 0 Å². The van der Waals surface area contributed by atoms with Crippen molar-refractivity contribution in [3.63, 3.8) is 0 Å². The fourth-order valence-corrected chi connectivity index (χ4v) is 3.92. The Bertz CT molecular complexity index is 337. The van der Waals surface area contributed by atoms with Crippen molar-refractivity contribution in [2.75, 3.05) is 12.3 Å². The molecular weight excluding hydrogens is 279 g/mol. The Labute approximate surface area is 114 Å². The van der Waals surface area contributed by atoms with E-state index < -0.39 is 17.5 Å². The lowest BCUT2D eigenvalue weighted by molar-refractivity contribution is -0.142. The summed E-state index contributed by atoms with van der Waals surface area (Å²) in [7, 11) is 0. The second kappa shape index (κ2) is 5.91. The molecule has 1 heterocycles. The predicted octanol–water partition coefficient (Wildman–Crippen LogP) is 2.96. The molecule has 2 rings (SSSR count). The monoisotopic (exact) mass is 297 g/mol. The molecule has 1 saturated heterocycles. The normalized spacial score (nSPS) is 32.3. The van der Waals surface area contributed by atoms with Crippen molar-refractivity contribution in [3.8, 4) is 0 Å². The molecule has 110 valence electrons. The van der Waals surface area contributed by atoms with Crippen LogP contribution in [-0.4, -0.2) is 45.9 Å². The van der Waals surface area contributed by atoms with Crippen LogP contribution in [0.25, 0.3) is 0 Å². The van der Waals surface area contributed by atoms with Gasteiger partial charge in [0.1, 0.15) is 6.04 Å². The molecule has 3 unspecified atom stereocenters. The SMILES string of the molecule is O=C(O)C1CC2CCCCC2N1CCSC(F)(F)F. The summed E-state index contributed by atoms with van der Waals surface area (Å²) in [5.74, 6) is -0.631. The average molecular weight is 297 g/mol. The zero-order chi connectivity index (χ0) is 14.0. The first kappa shape index (κ1) is 15.0. The van der Waals surface area contributed by atoms with Gasteiger partial charge in [0.15, 0.2) is 0 Å². The number of carboxylic acids is 1. The Morgan fingerprint density at radius 2 is 2.00 bits per heavy atom. The summed E-state index contributed by atoms with van der Waals surface area (Å²) >= 11 is -0.0611.